The van der Waals surface area contributed by atoms with Gasteiger partial charge in [-0.3, -0.25) is 4.79 Å². The second-order valence-electron chi connectivity index (χ2n) is 6.41. The normalized spacial score (nSPS) is 25.8. The van der Waals surface area contributed by atoms with Gasteiger partial charge < -0.3 is 4.90 Å². The highest BCUT2D eigenvalue weighted by molar-refractivity contribution is 7.86. The lowest BCUT2D eigenvalue weighted by Crippen LogP contribution is -2.48. The number of thiazole rings is 1. The lowest BCUT2D eigenvalue weighted by Gasteiger charge is -2.35. The summed E-state index contributed by atoms with van der Waals surface area (Å²) in [4.78, 5) is 18.8. The van der Waals surface area contributed by atoms with Crippen LogP contribution in [-0.4, -0.2) is 72.6 Å². The number of fused-ring (bicyclic) bond motifs is 4. The molecule has 0 saturated carbocycles. The minimum atomic E-state index is -3.44. The molecule has 7 nitrogen and oxygen atoms in total. The molecule has 2 bridgehead atoms. The van der Waals surface area contributed by atoms with Crippen molar-refractivity contribution in [2.24, 2.45) is 5.92 Å². The van der Waals surface area contributed by atoms with Gasteiger partial charge in [-0.1, -0.05) is 0 Å². The Balaban J connectivity index is 1.83. The largest absolute Gasteiger partial charge is 0.333 e. The van der Waals surface area contributed by atoms with E-state index in [0.29, 0.717) is 25.3 Å². The first-order valence-corrected chi connectivity index (χ1v) is 9.97. The van der Waals surface area contributed by atoms with Crippen LogP contribution in [0.25, 0.3) is 0 Å². The number of aromatic nitrogens is 1. The number of amides is 1. The number of hydrogen-bond acceptors (Lipinski definition) is 5. The van der Waals surface area contributed by atoms with Crippen molar-refractivity contribution in [1.82, 2.24) is 18.5 Å². The van der Waals surface area contributed by atoms with Crippen molar-refractivity contribution in [3.63, 3.8) is 0 Å². The number of carbonyl (C=O) groups excluding carboxylic acids is 1. The Bertz CT molecular complexity index is 701. The molecule has 23 heavy (non-hydrogen) atoms. The first kappa shape index (κ1) is 16.8. The standard InChI is InChI=1S/C14H22N4O3S2/c1-10-15-13(9-22-10)14(19)18-7-11-4-5-12(18)8-17(6-11)23(20,21)16(2)3/h9,11-12H,4-8H2,1-3H3/t11-,12+/m1/s1. The van der Waals surface area contributed by atoms with E-state index >= 15 is 0 Å². The molecular formula is C14H22N4O3S2. The summed E-state index contributed by atoms with van der Waals surface area (Å²) < 4.78 is 27.7. The minimum Gasteiger partial charge on any atom is -0.333 e. The third-order valence-corrected chi connectivity index (χ3v) is 7.21. The molecule has 0 radical (unpaired) electrons. The first-order valence-electron chi connectivity index (χ1n) is 7.69. The molecular weight excluding hydrogens is 336 g/mol. The highest BCUT2D eigenvalue weighted by Gasteiger charge is 2.41. The van der Waals surface area contributed by atoms with Gasteiger partial charge in [-0.15, -0.1) is 11.3 Å². The molecule has 2 atom stereocenters. The van der Waals surface area contributed by atoms with Crippen molar-refractivity contribution in [3.05, 3.63) is 16.1 Å². The van der Waals surface area contributed by atoms with Crippen molar-refractivity contribution < 1.29 is 13.2 Å². The van der Waals surface area contributed by atoms with E-state index in [-0.39, 0.29) is 17.9 Å². The van der Waals surface area contributed by atoms with Crippen molar-refractivity contribution in [1.29, 1.82) is 0 Å². The fraction of sp³-hybridized carbons (Fsp3) is 0.714. The lowest BCUT2D eigenvalue weighted by atomic mass is 9.95. The molecule has 9 heteroatoms. The molecule has 3 saturated heterocycles. The van der Waals surface area contributed by atoms with Crippen LogP contribution in [-0.2, 0) is 10.2 Å². The molecule has 0 aromatic carbocycles. The Morgan fingerprint density at radius 1 is 1.30 bits per heavy atom. The Labute approximate surface area is 141 Å². The van der Waals surface area contributed by atoms with E-state index in [1.807, 2.05) is 11.8 Å². The maximum Gasteiger partial charge on any atom is 0.281 e. The van der Waals surface area contributed by atoms with Crippen molar-refractivity contribution >= 4 is 27.5 Å². The minimum absolute atomic E-state index is 0.0713. The number of hydrogen-bond donors (Lipinski definition) is 0. The molecule has 1 amide bonds. The maximum absolute atomic E-state index is 12.7. The smallest absolute Gasteiger partial charge is 0.281 e. The van der Waals surface area contributed by atoms with Gasteiger partial charge in [0.2, 0.25) is 0 Å². The second kappa shape index (κ2) is 6.12. The van der Waals surface area contributed by atoms with Gasteiger partial charge in [0.25, 0.3) is 16.1 Å². The van der Waals surface area contributed by atoms with Crippen LogP contribution in [0.4, 0.5) is 0 Å². The van der Waals surface area contributed by atoms with Crippen LogP contribution in [0, 0.1) is 12.8 Å². The van der Waals surface area contributed by atoms with Gasteiger partial charge in [-0.05, 0) is 25.7 Å². The predicted molar refractivity (Wildman–Crippen MR) is 88.6 cm³/mol. The molecule has 128 valence electrons. The third kappa shape index (κ3) is 3.15. The fourth-order valence-electron chi connectivity index (χ4n) is 3.32. The van der Waals surface area contributed by atoms with E-state index < -0.39 is 10.2 Å². The molecule has 1 aromatic rings. The summed E-state index contributed by atoms with van der Waals surface area (Å²) in [6.07, 6.45) is 1.81. The predicted octanol–water partition coefficient (Wildman–Crippen LogP) is 0.794. The van der Waals surface area contributed by atoms with Crippen LogP contribution in [0.1, 0.15) is 28.3 Å². The number of rotatable bonds is 3. The van der Waals surface area contributed by atoms with Crippen LogP contribution in [0.15, 0.2) is 5.38 Å². The first-order chi connectivity index (χ1) is 10.8. The molecule has 4 rings (SSSR count). The van der Waals surface area contributed by atoms with Gasteiger partial charge >= 0.3 is 0 Å². The molecule has 0 aliphatic carbocycles. The lowest BCUT2D eigenvalue weighted by molar-refractivity contribution is 0.0583. The third-order valence-electron chi connectivity index (χ3n) is 4.57. The van der Waals surface area contributed by atoms with Gasteiger partial charge in [0, 0.05) is 45.2 Å². The highest BCUT2D eigenvalue weighted by Crippen LogP contribution is 2.30. The second-order valence-corrected chi connectivity index (χ2v) is 9.62. The van der Waals surface area contributed by atoms with Gasteiger partial charge in [0.1, 0.15) is 5.69 Å². The van der Waals surface area contributed by atoms with E-state index in [1.165, 1.54) is 19.9 Å². The zero-order valence-corrected chi connectivity index (χ0v) is 15.2. The molecule has 3 aliphatic heterocycles. The number of nitrogens with zero attached hydrogens (tertiary/aromatic N) is 4. The Morgan fingerprint density at radius 2 is 2.04 bits per heavy atom. The molecule has 3 aliphatic rings. The quantitative estimate of drug-likeness (QED) is 0.801. The molecule has 1 aromatic heterocycles. The number of aryl methyl sites for hydroxylation is 1. The fourth-order valence-corrected chi connectivity index (χ4v) is 5.12. The molecule has 0 unspecified atom stereocenters. The summed E-state index contributed by atoms with van der Waals surface area (Å²) in [5, 5.41) is 2.65. The summed E-state index contributed by atoms with van der Waals surface area (Å²) >= 11 is 1.46. The molecule has 4 heterocycles. The Kier molecular flexibility index (Phi) is 4.47. The zero-order chi connectivity index (χ0) is 16.8. The molecule has 3 fully saturated rings. The van der Waals surface area contributed by atoms with E-state index in [9.17, 15) is 13.2 Å². The summed E-state index contributed by atoms with van der Waals surface area (Å²) in [5.41, 5.74) is 0.474. The summed E-state index contributed by atoms with van der Waals surface area (Å²) in [7, 11) is -0.354. The summed E-state index contributed by atoms with van der Waals surface area (Å²) in [6, 6.07) is -0.0713. The van der Waals surface area contributed by atoms with Gasteiger partial charge in [0.05, 0.1) is 5.01 Å². The van der Waals surface area contributed by atoms with E-state index in [0.717, 1.165) is 17.8 Å². The highest BCUT2D eigenvalue weighted by atomic mass is 32.2. The number of carbonyl (C=O) groups is 1. The van der Waals surface area contributed by atoms with Crippen molar-refractivity contribution in [3.8, 4) is 0 Å². The maximum atomic E-state index is 12.7. The van der Waals surface area contributed by atoms with Gasteiger partial charge in [-0.2, -0.15) is 17.0 Å². The SMILES string of the molecule is Cc1nc(C(=O)N2C[C@@H]3CC[C@H]2CN(S(=O)(=O)N(C)C)C3)cs1. The average molecular weight is 358 g/mol. The monoisotopic (exact) mass is 358 g/mol. The van der Waals surface area contributed by atoms with Gasteiger partial charge in [0.15, 0.2) is 0 Å². The van der Waals surface area contributed by atoms with Crippen LogP contribution in [0.5, 0.6) is 0 Å². The van der Waals surface area contributed by atoms with Crippen LogP contribution < -0.4 is 0 Å². The van der Waals surface area contributed by atoms with Crippen LogP contribution in [0.3, 0.4) is 0 Å². The average Bonchev–Trinajstić information content (AvgIpc) is 2.73. The van der Waals surface area contributed by atoms with Crippen molar-refractivity contribution in [2.45, 2.75) is 25.8 Å². The summed E-state index contributed by atoms with van der Waals surface area (Å²) in [6.45, 7) is 3.34. The Morgan fingerprint density at radius 3 is 2.65 bits per heavy atom. The zero-order valence-electron chi connectivity index (χ0n) is 13.6. The van der Waals surface area contributed by atoms with E-state index in [4.69, 9.17) is 0 Å². The van der Waals surface area contributed by atoms with Crippen LogP contribution >= 0.6 is 11.3 Å². The van der Waals surface area contributed by atoms with Crippen LogP contribution in [0.2, 0.25) is 0 Å². The van der Waals surface area contributed by atoms with Gasteiger partial charge in [-0.25, -0.2) is 4.98 Å². The summed E-state index contributed by atoms with van der Waals surface area (Å²) in [5.74, 6) is 0.111. The number of piperidine rings is 1. The Hall–Kier alpha value is -1.03. The van der Waals surface area contributed by atoms with E-state index in [1.54, 1.807) is 19.5 Å². The molecule has 0 spiro atoms. The van der Waals surface area contributed by atoms with Crippen molar-refractivity contribution in [2.75, 3.05) is 33.7 Å². The topological polar surface area (TPSA) is 73.8 Å². The van der Waals surface area contributed by atoms with E-state index in [2.05, 4.69) is 4.98 Å². The molecule has 0 N–H and O–H groups in total.